The van der Waals surface area contributed by atoms with Crippen LogP contribution in [0.1, 0.15) is 191 Å². The monoisotopic (exact) mass is 875 g/mol. The Hall–Kier alpha value is -5.08. The van der Waals surface area contributed by atoms with E-state index in [1.807, 2.05) is 0 Å². The molecule has 344 valence electrons. The first kappa shape index (κ1) is 46.0. The van der Waals surface area contributed by atoms with Crippen molar-refractivity contribution in [2.75, 3.05) is 9.80 Å². The van der Waals surface area contributed by atoms with E-state index in [4.69, 9.17) is 0 Å². The number of benzene rings is 6. The average molecular weight is 875 g/mol. The van der Waals surface area contributed by atoms with E-state index in [1.165, 1.54) is 147 Å². The van der Waals surface area contributed by atoms with Crippen molar-refractivity contribution in [1.29, 1.82) is 0 Å². The van der Waals surface area contributed by atoms with Crippen molar-refractivity contribution in [1.82, 2.24) is 0 Å². The summed E-state index contributed by atoms with van der Waals surface area (Å²) in [5, 5.41) is 5.24. The van der Waals surface area contributed by atoms with E-state index in [1.54, 1.807) is 0 Å². The summed E-state index contributed by atoms with van der Waals surface area (Å²) in [5.41, 5.74) is 14.5. The Bertz CT molecular complexity index is 2730. The molecule has 6 aromatic carbocycles. The first-order valence-corrected chi connectivity index (χ1v) is 26.0. The Balaban J connectivity index is 1.37. The molecular formula is C64H78N2. The predicted molar refractivity (Wildman–Crippen MR) is 288 cm³/mol. The zero-order valence-corrected chi connectivity index (χ0v) is 42.2. The molecule has 3 aliphatic rings. The Morgan fingerprint density at radius 3 is 1.26 bits per heavy atom. The van der Waals surface area contributed by atoms with Crippen LogP contribution in [0, 0.1) is 11.3 Å². The molecule has 1 atom stereocenters. The summed E-state index contributed by atoms with van der Waals surface area (Å²) in [6.07, 6.45) is 19.6. The van der Waals surface area contributed by atoms with Crippen molar-refractivity contribution < 1.29 is 0 Å². The van der Waals surface area contributed by atoms with Gasteiger partial charge in [-0.2, -0.15) is 0 Å². The molecule has 0 amide bonds. The van der Waals surface area contributed by atoms with E-state index in [0.29, 0.717) is 29.6 Å². The van der Waals surface area contributed by atoms with E-state index >= 15 is 0 Å². The fraction of sp³-hybridized carbons (Fsp3) is 0.438. The van der Waals surface area contributed by atoms with Gasteiger partial charge in [0.25, 0.3) is 0 Å². The van der Waals surface area contributed by atoms with Crippen LogP contribution in [-0.2, 0) is 5.41 Å². The maximum Gasteiger partial charge on any atom is 0.0616 e. The quantitative estimate of drug-likeness (QED) is 0.127. The molecule has 3 aliphatic carbocycles. The molecular weight excluding hydrogens is 797 g/mol. The average Bonchev–Trinajstić information content (AvgIpc) is 3.32. The van der Waals surface area contributed by atoms with Crippen molar-refractivity contribution in [3.05, 3.63) is 154 Å². The zero-order chi connectivity index (χ0) is 46.3. The van der Waals surface area contributed by atoms with Crippen LogP contribution in [0.15, 0.2) is 115 Å². The van der Waals surface area contributed by atoms with E-state index < -0.39 is 0 Å². The Kier molecular flexibility index (Phi) is 13.2. The minimum Gasteiger partial charge on any atom is -0.309 e. The molecule has 0 bridgehead atoms. The molecule has 0 saturated heterocycles. The minimum absolute atomic E-state index is 0.0403. The number of hydrogen-bond acceptors (Lipinski definition) is 2. The third-order valence-electron chi connectivity index (χ3n) is 15.8. The van der Waals surface area contributed by atoms with Gasteiger partial charge in [0.05, 0.1) is 11.4 Å². The van der Waals surface area contributed by atoms with Gasteiger partial charge >= 0.3 is 0 Å². The maximum atomic E-state index is 2.67. The lowest BCUT2D eigenvalue weighted by molar-refractivity contribution is 0.314. The maximum absolute atomic E-state index is 2.67. The number of anilines is 6. The third-order valence-corrected chi connectivity index (χ3v) is 15.8. The first-order valence-electron chi connectivity index (χ1n) is 26.0. The zero-order valence-electron chi connectivity index (χ0n) is 42.2. The van der Waals surface area contributed by atoms with Gasteiger partial charge in [-0.25, -0.2) is 0 Å². The summed E-state index contributed by atoms with van der Waals surface area (Å²) >= 11 is 0. The Morgan fingerprint density at radius 1 is 0.455 bits per heavy atom. The highest BCUT2D eigenvalue weighted by atomic mass is 15.2. The van der Waals surface area contributed by atoms with Crippen molar-refractivity contribution in [2.24, 2.45) is 11.3 Å². The van der Waals surface area contributed by atoms with Crippen LogP contribution in [-0.4, -0.2) is 0 Å². The van der Waals surface area contributed by atoms with Crippen LogP contribution < -0.4 is 20.2 Å². The lowest BCUT2D eigenvalue weighted by Gasteiger charge is -2.35. The van der Waals surface area contributed by atoms with Gasteiger partial charge < -0.3 is 9.80 Å². The standard InChI is InChI=1S/C64H78N2/c1-43(2)45-21-31-53(32-22-45)65(55-35-25-49(26-36-55)47-17-13-11-14-18-47)61-57-39-29-52(64(8,9)10)42-60(57)62(58-40-30-51(41-59(58)61)63(5,6)7)66(54-33-23-46(24-34-54)44(3)4)56-37-27-50(28-38-56)48-19-15-12-16-20-48/h21-29,31-44,47-48,51H,11-20,30H2,1-10H3. The van der Waals surface area contributed by atoms with Crippen molar-refractivity contribution in [3.63, 3.8) is 0 Å². The third kappa shape index (κ3) is 9.41. The summed E-state index contributed by atoms with van der Waals surface area (Å²) in [6, 6.07) is 45.9. The molecule has 66 heavy (non-hydrogen) atoms. The second-order valence-electron chi connectivity index (χ2n) is 23.1. The van der Waals surface area contributed by atoms with Gasteiger partial charge in [0.15, 0.2) is 0 Å². The van der Waals surface area contributed by atoms with Crippen LogP contribution in [0.2, 0.25) is 0 Å². The summed E-state index contributed by atoms with van der Waals surface area (Å²) in [4.78, 5) is 5.24. The van der Waals surface area contributed by atoms with Gasteiger partial charge in [0.2, 0.25) is 0 Å². The highest BCUT2D eigenvalue weighted by Gasteiger charge is 2.31. The fourth-order valence-electron chi connectivity index (χ4n) is 11.4. The lowest BCUT2D eigenvalue weighted by atomic mass is 9.76. The fourth-order valence-corrected chi connectivity index (χ4v) is 11.4. The van der Waals surface area contributed by atoms with Crippen molar-refractivity contribution in [3.8, 4) is 0 Å². The van der Waals surface area contributed by atoms with Crippen LogP contribution in [0.25, 0.3) is 22.9 Å². The van der Waals surface area contributed by atoms with Crippen LogP contribution in [0.5, 0.6) is 0 Å². The number of nitrogens with zero attached hydrogens (tertiary/aromatic N) is 2. The highest BCUT2D eigenvalue weighted by Crippen LogP contribution is 2.46. The molecule has 1 unspecified atom stereocenters. The van der Waals surface area contributed by atoms with Crippen molar-refractivity contribution in [2.45, 2.75) is 169 Å². The molecule has 0 aromatic heterocycles. The molecule has 0 aliphatic heterocycles. The molecule has 2 nitrogen and oxygen atoms in total. The normalized spacial score (nSPS) is 17.4. The minimum atomic E-state index is -0.0403. The van der Waals surface area contributed by atoms with Crippen LogP contribution >= 0.6 is 0 Å². The van der Waals surface area contributed by atoms with E-state index in [-0.39, 0.29) is 10.8 Å². The first-order chi connectivity index (χ1) is 31.7. The molecule has 2 fully saturated rings. The largest absolute Gasteiger partial charge is 0.309 e. The predicted octanol–water partition coefficient (Wildman–Crippen LogP) is 18.0. The molecule has 2 heteroatoms. The SMILES string of the molecule is CC(C)c1ccc(N(c2ccc(C3CCCCC3)cc2)c2c3c(c(N(c4ccc(C(C)C)cc4)c4ccc(C5CCCCC5)cc4)c4cc(C(C)(C)C)ccc24)=CCC(C(C)(C)C)C=3)cc1. The number of hydrogen-bond donors (Lipinski definition) is 0. The molecule has 9 rings (SSSR count). The molecule has 0 spiro atoms. The van der Waals surface area contributed by atoms with Crippen molar-refractivity contribution >= 4 is 57.0 Å². The van der Waals surface area contributed by atoms with Gasteiger partial charge in [-0.05, 0) is 155 Å². The molecule has 0 radical (unpaired) electrons. The molecule has 2 saturated carbocycles. The van der Waals surface area contributed by atoms with Gasteiger partial charge in [-0.1, -0.05) is 181 Å². The lowest BCUT2D eigenvalue weighted by Crippen LogP contribution is -2.39. The van der Waals surface area contributed by atoms with Crippen LogP contribution in [0.3, 0.4) is 0 Å². The van der Waals surface area contributed by atoms with Gasteiger partial charge in [0, 0.05) is 44.0 Å². The molecule has 6 aromatic rings. The second-order valence-corrected chi connectivity index (χ2v) is 23.1. The smallest absolute Gasteiger partial charge is 0.0616 e. The van der Waals surface area contributed by atoms with Crippen LogP contribution in [0.4, 0.5) is 34.1 Å². The summed E-state index contributed by atoms with van der Waals surface area (Å²) in [7, 11) is 0. The summed E-state index contributed by atoms with van der Waals surface area (Å²) in [6.45, 7) is 23.6. The highest BCUT2D eigenvalue weighted by molar-refractivity contribution is 6.08. The Morgan fingerprint density at radius 2 is 0.864 bits per heavy atom. The van der Waals surface area contributed by atoms with E-state index in [0.717, 1.165) is 6.42 Å². The van der Waals surface area contributed by atoms with E-state index in [9.17, 15) is 0 Å². The van der Waals surface area contributed by atoms with Gasteiger partial charge in [-0.15, -0.1) is 0 Å². The summed E-state index contributed by atoms with van der Waals surface area (Å²) in [5.74, 6) is 2.60. The second kappa shape index (κ2) is 18.9. The van der Waals surface area contributed by atoms with E-state index in [2.05, 4.69) is 206 Å². The van der Waals surface area contributed by atoms with Gasteiger partial charge in [0.1, 0.15) is 0 Å². The Labute approximate surface area is 398 Å². The topological polar surface area (TPSA) is 6.48 Å². The number of fused-ring (bicyclic) bond motifs is 2. The molecule has 0 heterocycles. The van der Waals surface area contributed by atoms with Gasteiger partial charge in [-0.3, -0.25) is 0 Å². The number of rotatable bonds is 10. The summed E-state index contributed by atoms with van der Waals surface area (Å²) < 4.78 is 0. The molecule has 0 N–H and O–H groups in total.